The van der Waals surface area contributed by atoms with Crippen molar-refractivity contribution in [2.24, 2.45) is 0 Å². The van der Waals surface area contributed by atoms with Crippen LogP contribution in [0, 0.1) is 0 Å². The Bertz CT molecular complexity index is 534. The molecule has 1 saturated heterocycles. The third-order valence-corrected chi connectivity index (χ3v) is 4.31. The van der Waals surface area contributed by atoms with Crippen LogP contribution >= 0.6 is 11.8 Å². The van der Waals surface area contributed by atoms with Crippen molar-refractivity contribution < 1.29 is 9.53 Å². The van der Waals surface area contributed by atoms with Crippen LogP contribution in [0.15, 0.2) is 9.95 Å². The van der Waals surface area contributed by atoms with E-state index in [9.17, 15) is 9.59 Å². The molecule has 118 valence electrons. The average Bonchev–Trinajstić information content (AvgIpc) is 3.03. The number of aromatic nitrogens is 3. The van der Waals surface area contributed by atoms with Gasteiger partial charge in [-0.1, -0.05) is 11.8 Å². The second-order valence-corrected chi connectivity index (χ2v) is 6.79. The molecule has 1 aromatic rings. The lowest BCUT2D eigenvalue weighted by Crippen LogP contribution is -2.36. The molecule has 1 aliphatic heterocycles. The summed E-state index contributed by atoms with van der Waals surface area (Å²) in [6.45, 7) is 6.86. The molecule has 0 radical (unpaired) electrons. The lowest BCUT2D eigenvalue weighted by Gasteiger charge is -2.15. The van der Waals surface area contributed by atoms with Gasteiger partial charge in [0.1, 0.15) is 0 Å². The van der Waals surface area contributed by atoms with Crippen LogP contribution < -0.4 is 11.0 Å². The number of thioether (sulfide) groups is 1. The van der Waals surface area contributed by atoms with E-state index in [4.69, 9.17) is 4.74 Å². The van der Waals surface area contributed by atoms with Crippen LogP contribution in [-0.4, -0.2) is 44.7 Å². The molecule has 7 nitrogen and oxygen atoms in total. The Morgan fingerprint density at radius 2 is 2.33 bits per heavy atom. The fourth-order valence-corrected chi connectivity index (χ4v) is 3.03. The number of rotatable bonds is 6. The van der Waals surface area contributed by atoms with Gasteiger partial charge in [-0.25, -0.2) is 9.89 Å². The Kier molecular flexibility index (Phi) is 5.46. The van der Waals surface area contributed by atoms with E-state index in [-0.39, 0.29) is 29.0 Å². The fourth-order valence-electron chi connectivity index (χ4n) is 2.16. The van der Waals surface area contributed by atoms with Crippen LogP contribution in [0.25, 0.3) is 0 Å². The van der Waals surface area contributed by atoms with Gasteiger partial charge in [-0.3, -0.25) is 9.36 Å². The highest BCUT2D eigenvalue weighted by atomic mass is 32.2. The Labute approximate surface area is 127 Å². The second-order valence-electron chi connectivity index (χ2n) is 5.48. The molecular weight excluding hydrogens is 292 g/mol. The van der Waals surface area contributed by atoms with Gasteiger partial charge in [0.25, 0.3) is 0 Å². The van der Waals surface area contributed by atoms with Crippen LogP contribution in [0.1, 0.15) is 33.6 Å². The first kappa shape index (κ1) is 16.1. The molecule has 1 aromatic heterocycles. The van der Waals surface area contributed by atoms with E-state index >= 15 is 0 Å². The molecule has 0 aromatic carbocycles. The third-order valence-electron chi connectivity index (χ3n) is 3.22. The molecule has 0 bridgehead atoms. The van der Waals surface area contributed by atoms with Gasteiger partial charge in [0.05, 0.1) is 17.9 Å². The number of carbonyl (C=O) groups excluding carboxylic acids is 1. The summed E-state index contributed by atoms with van der Waals surface area (Å²) in [7, 11) is 0. The fraction of sp³-hybridized carbons (Fsp3) is 0.769. The maximum absolute atomic E-state index is 11.9. The van der Waals surface area contributed by atoms with Crippen LogP contribution in [0.5, 0.6) is 0 Å². The smallest absolute Gasteiger partial charge is 0.344 e. The quantitative estimate of drug-likeness (QED) is 0.757. The van der Waals surface area contributed by atoms with Crippen LogP contribution in [0.2, 0.25) is 0 Å². The zero-order valence-corrected chi connectivity index (χ0v) is 13.4. The van der Waals surface area contributed by atoms with E-state index in [1.165, 1.54) is 11.8 Å². The summed E-state index contributed by atoms with van der Waals surface area (Å²) in [4.78, 5) is 23.8. The molecule has 2 atom stereocenters. The maximum atomic E-state index is 11.9. The monoisotopic (exact) mass is 314 g/mol. The van der Waals surface area contributed by atoms with Gasteiger partial charge in [0.2, 0.25) is 5.91 Å². The van der Waals surface area contributed by atoms with Gasteiger partial charge in [0.15, 0.2) is 5.16 Å². The molecule has 0 spiro atoms. The molecular formula is C13H22N4O3S. The van der Waals surface area contributed by atoms with Crippen molar-refractivity contribution in [3.8, 4) is 0 Å². The van der Waals surface area contributed by atoms with Gasteiger partial charge in [0, 0.05) is 12.6 Å². The highest BCUT2D eigenvalue weighted by Gasteiger charge is 2.22. The molecule has 2 rings (SSSR count). The minimum absolute atomic E-state index is 0.0550. The summed E-state index contributed by atoms with van der Waals surface area (Å²) in [6.07, 6.45) is 2.03. The number of aromatic amines is 1. The summed E-state index contributed by atoms with van der Waals surface area (Å²) in [5.41, 5.74) is -0.260. The predicted octanol–water partition coefficient (Wildman–Crippen LogP) is 0.756. The number of nitrogens with zero attached hydrogens (tertiary/aromatic N) is 2. The van der Waals surface area contributed by atoms with Crippen molar-refractivity contribution in [2.75, 3.05) is 6.61 Å². The topological polar surface area (TPSA) is 89.0 Å². The van der Waals surface area contributed by atoms with E-state index in [1.807, 2.05) is 13.8 Å². The van der Waals surface area contributed by atoms with E-state index in [0.717, 1.165) is 19.4 Å². The Morgan fingerprint density at radius 3 is 2.95 bits per heavy atom. The first-order valence-corrected chi connectivity index (χ1v) is 8.09. The van der Waals surface area contributed by atoms with E-state index < -0.39 is 0 Å². The number of H-pyrrole nitrogens is 1. The summed E-state index contributed by atoms with van der Waals surface area (Å²) < 4.78 is 7.11. The molecule has 1 aliphatic rings. The predicted molar refractivity (Wildman–Crippen MR) is 80.4 cm³/mol. The molecule has 1 amide bonds. The molecule has 21 heavy (non-hydrogen) atoms. The molecule has 8 heteroatoms. The van der Waals surface area contributed by atoms with E-state index in [1.54, 1.807) is 11.5 Å². The number of ether oxygens (including phenoxy) is 1. The Balaban J connectivity index is 2.02. The van der Waals surface area contributed by atoms with Gasteiger partial charge in [-0.05, 0) is 33.6 Å². The second kappa shape index (κ2) is 7.13. The van der Waals surface area contributed by atoms with Crippen molar-refractivity contribution in [2.45, 2.75) is 62.7 Å². The number of hydrogen-bond donors (Lipinski definition) is 2. The van der Waals surface area contributed by atoms with Gasteiger partial charge >= 0.3 is 5.69 Å². The lowest BCUT2D eigenvalue weighted by molar-refractivity contribution is -0.120. The van der Waals surface area contributed by atoms with Gasteiger partial charge in [-0.15, -0.1) is 5.10 Å². The molecule has 0 aliphatic carbocycles. The van der Waals surface area contributed by atoms with Crippen molar-refractivity contribution in [3.63, 3.8) is 0 Å². The third kappa shape index (κ3) is 4.34. The zero-order valence-electron chi connectivity index (χ0n) is 12.6. The summed E-state index contributed by atoms with van der Waals surface area (Å²) in [5.74, 6) is -0.0610. The highest BCUT2D eigenvalue weighted by Crippen LogP contribution is 2.22. The zero-order chi connectivity index (χ0) is 15.4. The number of amides is 1. The van der Waals surface area contributed by atoms with Crippen molar-refractivity contribution in [3.05, 3.63) is 10.5 Å². The summed E-state index contributed by atoms with van der Waals surface area (Å²) >= 11 is 1.28. The SMILES string of the molecule is CC(C)NC(=O)[C@H](C)Sc1n[nH]c(=O)n1C[C@H]1CCCO1. The summed E-state index contributed by atoms with van der Waals surface area (Å²) in [5, 5.41) is 9.53. The number of hydrogen-bond acceptors (Lipinski definition) is 5. The number of nitrogens with one attached hydrogen (secondary N) is 2. The Hall–Kier alpha value is -1.28. The Morgan fingerprint density at radius 1 is 1.57 bits per heavy atom. The average molecular weight is 314 g/mol. The largest absolute Gasteiger partial charge is 0.376 e. The number of carbonyl (C=O) groups is 1. The molecule has 2 heterocycles. The van der Waals surface area contributed by atoms with Gasteiger partial charge in [-0.2, -0.15) is 0 Å². The molecule has 0 unspecified atom stereocenters. The first-order chi connectivity index (χ1) is 9.97. The van der Waals surface area contributed by atoms with Crippen LogP contribution in [0.4, 0.5) is 0 Å². The van der Waals surface area contributed by atoms with Crippen LogP contribution in [-0.2, 0) is 16.1 Å². The first-order valence-electron chi connectivity index (χ1n) is 7.21. The maximum Gasteiger partial charge on any atom is 0.344 e. The lowest BCUT2D eigenvalue weighted by atomic mass is 10.2. The van der Waals surface area contributed by atoms with Crippen molar-refractivity contribution in [1.29, 1.82) is 0 Å². The van der Waals surface area contributed by atoms with Crippen LogP contribution in [0.3, 0.4) is 0 Å². The highest BCUT2D eigenvalue weighted by molar-refractivity contribution is 8.00. The summed E-state index contributed by atoms with van der Waals surface area (Å²) in [6, 6.07) is 0.0915. The van der Waals surface area contributed by atoms with Crippen molar-refractivity contribution >= 4 is 17.7 Å². The van der Waals surface area contributed by atoms with Crippen molar-refractivity contribution in [1.82, 2.24) is 20.1 Å². The van der Waals surface area contributed by atoms with E-state index in [0.29, 0.717) is 11.7 Å². The minimum atomic E-state index is -0.314. The normalized spacial score (nSPS) is 19.9. The minimum Gasteiger partial charge on any atom is -0.376 e. The standard InChI is InChI=1S/C13H22N4O3S/c1-8(2)14-11(18)9(3)21-13-16-15-12(19)17(13)7-10-5-4-6-20-10/h8-10H,4-7H2,1-3H3,(H,14,18)(H,15,19)/t9-,10+/m0/s1. The van der Waals surface area contributed by atoms with Gasteiger partial charge < -0.3 is 10.1 Å². The molecule has 0 saturated carbocycles. The van der Waals surface area contributed by atoms with E-state index in [2.05, 4.69) is 15.5 Å². The molecule has 2 N–H and O–H groups in total. The molecule has 1 fully saturated rings.